The van der Waals surface area contributed by atoms with Crippen LogP contribution in [0.15, 0.2) is 66.7 Å². The van der Waals surface area contributed by atoms with Crippen LogP contribution >= 0.6 is 0 Å². The molecule has 0 spiro atoms. The molecule has 3 heteroatoms. The molecule has 1 heterocycles. The van der Waals surface area contributed by atoms with E-state index in [4.69, 9.17) is 0 Å². The van der Waals surface area contributed by atoms with Crippen molar-refractivity contribution in [1.82, 2.24) is 4.98 Å². The summed E-state index contributed by atoms with van der Waals surface area (Å²) < 4.78 is 0. The van der Waals surface area contributed by atoms with Crippen LogP contribution in [0, 0.1) is 0 Å². The molecule has 0 aliphatic rings. The van der Waals surface area contributed by atoms with E-state index in [1.807, 2.05) is 66.7 Å². The number of aldehydes is 1. The van der Waals surface area contributed by atoms with Gasteiger partial charge in [0, 0.05) is 5.39 Å². The summed E-state index contributed by atoms with van der Waals surface area (Å²) in [6.45, 7) is 0. The SMILES string of the molecule is O=CC(Nc1ccc2ccccc2n1)c1ccccc1. The molecule has 2 aromatic carbocycles. The van der Waals surface area contributed by atoms with Crippen molar-refractivity contribution in [1.29, 1.82) is 0 Å². The first-order valence-electron chi connectivity index (χ1n) is 6.49. The van der Waals surface area contributed by atoms with Gasteiger partial charge in [-0.15, -0.1) is 0 Å². The smallest absolute Gasteiger partial charge is 0.146 e. The Hall–Kier alpha value is -2.68. The van der Waals surface area contributed by atoms with Crippen LogP contribution in [-0.4, -0.2) is 11.3 Å². The van der Waals surface area contributed by atoms with E-state index in [2.05, 4.69) is 10.3 Å². The van der Waals surface area contributed by atoms with Crippen LogP contribution < -0.4 is 5.32 Å². The van der Waals surface area contributed by atoms with E-state index in [-0.39, 0.29) is 6.04 Å². The molecular weight excluding hydrogens is 248 g/mol. The minimum absolute atomic E-state index is 0.384. The summed E-state index contributed by atoms with van der Waals surface area (Å²) in [4.78, 5) is 15.8. The number of nitrogens with one attached hydrogen (secondary N) is 1. The van der Waals surface area contributed by atoms with Crippen molar-refractivity contribution in [3.05, 3.63) is 72.3 Å². The lowest BCUT2D eigenvalue weighted by molar-refractivity contribution is -0.108. The molecule has 3 nitrogen and oxygen atoms in total. The molecule has 0 aliphatic heterocycles. The first-order chi connectivity index (χ1) is 9.86. The second-order valence-corrected chi connectivity index (χ2v) is 4.56. The molecule has 1 N–H and O–H groups in total. The number of pyridine rings is 1. The molecule has 0 aliphatic carbocycles. The monoisotopic (exact) mass is 262 g/mol. The Kier molecular flexibility index (Phi) is 3.42. The number of anilines is 1. The molecule has 3 aromatic rings. The molecule has 0 amide bonds. The highest BCUT2D eigenvalue weighted by Crippen LogP contribution is 2.19. The van der Waals surface area contributed by atoms with Crippen LogP contribution in [0.4, 0.5) is 5.82 Å². The van der Waals surface area contributed by atoms with Crippen molar-refractivity contribution >= 4 is 23.0 Å². The van der Waals surface area contributed by atoms with E-state index in [0.717, 1.165) is 22.8 Å². The van der Waals surface area contributed by atoms with Crippen molar-refractivity contribution in [3.8, 4) is 0 Å². The molecule has 98 valence electrons. The number of fused-ring (bicyclic) bond motifs is 1. The van der Waals surface area contributed by atoms with E-state index < -0.39 is 0 Å². The lowest BCUT2D eigenvalue weighted by Crippen LogP contribution is -2.12. The molecule has 0 fully saturated rings. The molecule has 0 saturated carbocycles. The van der Waals surface area contributed by atoms with Crippen LogP contribution in [0.2, 0.25) is 0 Å². The molecule has 3 rings (SSSR count). The van der Waals surface area contributed by atoms with E-state index in [0.29, 0.717) is 5.82 Å². The van der Waals surface area contributed by atoms with E-state index >= 15 is 0 Å². The number of rotatable bonds is 4. The fourth-order valence-electron chi connectivity index (χ4n) is 2.16. The number of para-hydroxylation sites is 1. The first kappa shape index (κ1) is 12.4. The number of benzene rings is 2. The summed E-state index contributed by atoms with van der Waals surface area (Å²) >= 11 is 0. The number of hydrogen-bond acceptors (Lipinski definition) is 3. The van der Waals surface area contributed by atoms with Crippen molar-refractivity contribution in [2.75, 3.05) is 5.32 Å². The number of carbonyl (C=O) groups is 1. The Morgan fingerprint density at radius 3 is 2.45 bits per heavy atom. The summed E-state index contributed by atoms with van der Waals surface area (Å²) in [5, 5.41) is 4.24. The van der Waals surface area contributed by atoms with Crippen LogP contribution in [0.5, 0.6) is 0 Å². The maximum atomic E-state index is 11.3. The van der Waals surface area contributed by atoms with Gasteiger partial charge in [-0.3, -0.25) is 0 Å². The van der Waals surface area contributed by atoms with Crippen LogP contribution in [0.1, 0.15) is 11.6 Å². The van der Waals surface area contributed by atoms with Crippen molar-refractivity contribution in [2.24, 2.45) is 0 Å². The minimum atomic E-state index is -0.384. The molecule has 0 radical (unpaired) electrons. The van der Waals surface area contributed by atoms with E-state index in [1.54, 1.807) is 0 Å². The summed E-state index contributed by atoms with van der Waals surface area (Å²) in [6, 6.07) is 21.0. The second-order valence-electron chi connectivity index (χ2n) is 4.56. The van der Waals surface area contributed by atoms with Gasteiger partial charge in [0.1, 0.15) is 18.1 Å². The van der Waals surface area contributed by atoms with Gasteiger partial charge in [-0.1, -0.05) is 48.5 Å². The van der Waals surface area contributed by atoms with Crippen molar-refractivity contribution in [3.63, 3.8) is 0 Å². The fourth-order valence-corrected chi connectivity index (χ4v) is 2.16. The Morgan fingerprint density at radius 1 is 0.900 bits per heavy atom. The standard InChI is InChI=1S/C17H14N2O/c20-12-16(13-6-2-1-3-7-13)19-17-11-10-14-8-4-5-9-15(14)18-17/h1-12,16H,(H,18,19). The molecule has 0 saturated heterocycles. The second kappa shape index (κ2) is 5.53. The van der Waals surface area contributed by atoms with Gasteiger partial charge in [-0.05, 0) is 23.8 Å². The number of nitrogens with zero attached hydrogens (tertiary/aromatic N) is 1. The zero-order valence-corrected chi connectivity index (χ0v) is 10.9. The Labute approximate surface area is 117 Å². The average molecular weight is 262 g/mol. The summed E-state index contributed by atoms with van der Waals surface area (Å²) in [5.41, 5.74) is 1.84. The van der Waals surface area contributed by atoms with Gasteiger partial charge < -0.3 is 10.1 Å². The van der Waals surface area contributed by atoms with Gasteiger partial charge >= 0.3 is 0 Å². The number of carbonyl (C=O) groups excluding carboxylic acids is 1. The summed E-state index contributed by atoms with van der Waals surface area (Å²) in [6.07, 6.45) is 0.895. The topological polar surface area (TPSA) is 42.0 Å². The predicted octanol–water partition coefficient (Wildman–Crippen LogP) is 3.59. The van der Waals surface area contributed by atoms with Crippen LogP contribution in [-0.2, 0) is 4.79 Å². The summed E-state index contributed by atoms with van der Waals surface area (Å²) in [5.74, 6) is 0.699. The molecule has 1 atom stereocenters. The zero-order chi connectivity index (χ0) is 13.8. The highest BCUT2D eigenvalue weighted by molar-refractivity contribution is 5.80. The maximum absolute atomic E-state index is 11.3. The third-order valence-electron chi connectivity index (χ3n) is 3.20. The van der Waals surface area contributed by atoms with E-state index in [9.17, 15) is 4.79 Å². The third kappa shape index (κ3) is 2.52. The van der Waals surface area contributed by atoms with E-state index in [1.165, 1.54) is 0 Å². The number of hydrogen-bond donors (Lipinski definition) is 1. The number of aromatic nitrogens is 1. The van der Waals surface area contributed by atoms with Gasteiger partial charge in [0.15, 0.2) is 0 Å². The lowest BCUT2D eigenvalue weighted by atomic mass is 10.1. The van der Waals surface area contributed by atoms with Crippen molar-refractivity contribution in [2.45, 2.75) is 6.04 Å². The van der Waals surface area contributed by atoms with Gasteiger partial charge in [0.25, 0.3) is 0 Å². The normalized spacial score (nSPS) is 12.0. The lowest BCUT2D eigenvalue weighted by Gasteiger charge is -2.14. The molecular formula is C17H14N2O. The Morgan fingerprint density at radius 2 is 1.65 bits per heavy atom. The largest absolute Gasteiger partial charge is 0.357 e. The maximum Gasteiger partial charge on any atom is 0.146 e. The molecule has 20 heavy (non-hydrogen) atoms. The minimum Gasteiger partial charge on any atom is -0.357 e. The van der Waals surface area contributed by atoms with Crippen molar-refractivity contribution < 1.29 is 4.79 Å². The van der Waals surface area contributed by atoms with Gasteiger partial charge in [0.05, 0.1) is 5.52 Å². The van der Waals surface area contributed by atoms with Gasteiger partial charge in [-0.2, -0.15) is 0 Å². The van der Waals surface area contributed by atoms with Gasteiger partial charge in [-0.25, -0.2) is 4.98 Å². The summed E-state index contributed by atoms with van der Waals surface area (Å²) in [7, 11) is 0. The third-order valence-corrected chi connectivity index (χ3v) is 3.20. The van der Waals surface area contributed by atoms with Gasteiger partial charge in [0.2, 0.25) is 0 Å². The quantitative estimate of drug-likeness (QED) is 0.731. The zero-order valence-electron chi connectivity index (χ0n) is 10.9. The molecule has 1 unspecified atom stereocenters. The molecule has 1 aromatic heterocycles. The highest BCUT2D eigenvalue weighted by atomic mass is 16.1. The Bertz CT molecular complexity index is 725. The van der Waals surface area contributed by atoms with Crippen LogP contribution in [0.3, 0.4) is 0 Å². The predicted molar refractivity (Wildman–Crippen MR) is 80.6 cm³/mol. The molecule has 0 bridgehead atoms. The first-order valence-corrected chi connectivity index (χ1v) is 6.49. The fraction of sp³-hybridized carbons (Fsp3) is 0.0588. The van der Waals surface area contributed by atoms with Crippen LogP contribution in [0.25, 0.3) is 10.9 Å². The Balaban J connectivity index is 1.89. The highest BCUT2D eigenvalue weighted by Gasteiger charge is 2.10. The average Bonchev–Trinajstić information content (AvgIpc) is 2.53.